The fraction of sp³-hybridized carbons (Fsp3) is 0.0385. The van der Waals surface area contributed by atoms with Gasteiger partial charge in [-0.15, -0.1) is 12.4 Å². The molecule has 0 saturated heterocycles. The molecule has 0 amide bonds. The summed E-state index contributed by atoms with van der Waals surface area (Å²) in [6, 6.07) is 19.9. The van der Waals surface area contributed by atoms with Crippen molar-refractivity contribution in [3.05, 3.63) is 101 Å². The third-order valence-corrected chi connectivity index (χ3v) is 5.63. The maximum Gasteiger partial charge on any atom is 0.335 e. The van der Waals surface area contributed by atoms with Crippen molar-refractivity contribution in [2.24, 2.45) is 0 Å². The molecule has 7 nitrogen and oxygen atoms in total. The first-order valence-corrected chi connectivity index (χ1v) is 11.0. The second-order valence-electron chi connectivity index (χ2n) is 7.74. The molecular formula is C26H19Cl2FN4O3. The summed E-state index contributed by atoms with van der Waals surface area (Å²) < 4.78 is 19.1. The van der Waals surface area contributed by atoms with E-state index in [2.05, 4.69) is 20.3 Å². The molecule has 0 saturated carbocycles. The van der Waals surface area contributed by atoms with Crippen LogP contribution in [0.4, 0.5) is 15.9 Å². The molecule has 0 aliphatic carbocycles. The molecule has 0 aliphatic rings. The lowest BCUT2D eigenvalue weighted by molar-refractivity contribution is 0.0697. The van der Waals surface area contributed by atoms with Crippen molar-refractivity contribution in [1.29, 1.82) is 0 Å². The highest BCUT2D eigenvalue weighted by atomic mass is 35.5. The van der Waals surface area contributed by atoms with E-state index in [4.69, 9.17) is 21.4 Å². The zero-order valence-corrected chi connectivity index (χ0v) is 20.1. The summed E-state index contributed by atoms with van der Waals surface area (Å²) >= 11 is 6.41. The van der Waals surface area contributed by atoms with E-state index in [-0.39, 0.29) is 30.4 Å². The first kappa shape index (κ1) is 25.0. The van der Waals surface area contributed by atoms with Crippen molar-refractivity contribution in [1.82, 2.24) is 15.0 Å². The van der Waals surface area contributed by atoms with E-state index in [1.165, 1.54) is 18.5 Å². The van der Waals surface area contributed by atoms with Gasteiger partial charge in [0.2, 0.25) is 0 Å². The highest BCUT2D eigenvalue weighted by Crippen LogP contribution is 2.32. The minimum atomic E-state index is -0.977. The van der Waals surface area contributed by atoms with Crippen LogP contribution in [-0.4, -0.2) is 26.0 Å². The Bertz CT molecular complexity index is 1540. The van der Waals surface area contributed by atoms with E-state index < -0.39 is 5.97 Å². The zero-order valence-electron chi connectivity index (χ0n) is 18.5. The molecule has 3 aromatic carbocycles. The van der Waals surface area contributed by atoms with Gasteiger partial charge in [-0.25, -0.2) is 19.2 Å². The maximum atomic E-state index is 13.4. The molecule has 0 fully saturated rings. The van der Waals surface area contributed by atoms with Crippen molar-refractivity contribution in [3.8, 4) is 17.0 Å². The number of halogens is 3. The minimum Gasteiger partial charge on any atom is -0.487 e. The lowest BCUT2D eigenvalue weighted by Gasteiger charge is -2.11. The number of aromatic amines is 1. The molecule has 3 N–H and O–H groups in total. The Kier molecular flexibility index (Phi) is 7.38. The molecule has 0 atom stereocenters. The Labute approximate surface area is 216 Å². The second kappa shape index (κ2) is 10.6. The third-order valence-electron chi connectivity index (χ3n) is 5.34. The summed E-state index contributed by atoms with van der Waals surface area (Å²) in [4.78, 5) is 23.1. The number of benzene rings is 3. The van der Waals surface area contributed by atoms with Crippen LogP contribution in [0.15, 0.2) is 79.1 Å². The molecular weight excluding hydrogens is 506 g/mol. The van der Waals surface area contributed by atoms with Crippen LogP contribution in [-0.2, 0) is 6.61 Å². The SMILES string of the molecule is Cl.O=C(O)c1ccc(-c2cc3ncnc(Nc4ccc(OCc5cccc(F)c5)c(Cl)c4)c3[nH]2)cc1. The van der Waals surface area contributed by atoms with Gasteiger partial charge < -0.3 is 20.1 Å². The lowest BCUT2D eigenvalue weighted by atomic mass is 10.1. The number of hydrogen-bond donors (Lipinski definition) is 3. The molecule has 0 aliphatic heterocycles. The predicted octanol–water partition coefficient (Wildman–Crippen LogP) is 6.86. The van der Waals surface area contributed by atoms with Gasteiger partial charge in [-0.2, -0.15) is 0 Å². The van der Waals surface area contributed by atoms with Crippen LogP contribution in [0.3, 0.4) is 0 Å². The molecule has 36 heavy (non-hydrogen) atoms. The number of carbonyl (C=O) groups is 1. The standard InChI is InChI=1S/C26H18ClFN4O3.ClH/c27-20-11-19(8-9-23(20)35-13-15-2-1-3-18(28)10-15)31-25-24-22(29-14-30-25)12-21(32-24)16-4-6-17(7-5-16)26(33)34;/h1-12,14,32H,13H2,(H,33,34)(H,29,30,31);1H. The average molecular weight is 525 g/mol. The first-order chi connectivity index (χ1) is 17.0. The number of ether oxygens (including phenoxy) is 1. The summed E-state index contributed by atoms with van der Waals surface area (Å²) in [5.41, 5.74) is 4.59. The van der Waals surface area contributed by atoms with Crippen LogP contribution in [0.2, 0.25) is 5.02 Å². The van der Waals surface area contributed by atoms with Gasteiger partial charge in [-0.3, -0.25) is 0 Å². The Hall–Kier alpha value is -4.14. The molecule has 0 spiro atoms. The second-order valence-corrected chi connectivity index (χ2v) is 8.14. The third kappa shape index (κ3) is 5.40. The average Bonchev–Trinajstić information content (AvgIpc) is 3.29. The van der Waals surface area contributed by atoms with Crippen LogP contribution < -0.4 is 10.1 Å². The van der Waals surface area contributed by atoms with Crippen molar-refractivity contribution in [3.63, 3.8) is 0 Å². The molecule has 5 aromatic rings. The molecule has 0 unspecified atom stereocenters. The van der Waals surface area contributed by atoms with Gasteiger partial charge in [0.15, 0.2) is 5.82 Å². The fourth-order valence-corrected chi connectivity index (χ4v) is 3.84. The predicted molar refractivity (Wildman–Crippen MR) is 139 cm³/mol. The number of carboxylic acids is 1. The number of nitrogens with one attached hydrogen (secondary N) is 2. The van der Waals surface area contributed by atoms with Crippen molar-refractivity contribution >= 4 is 52.5 Å². The highest BCUT2D eigenvalue weighted by molar-refractivity contribution is 6.32. The number of rotatable bonds is 7. The van der Waals surface area contributed by atoms with E-state index in [0.29, 0.717) is 38.9 Å². The fourth-order valence-electron chi connectivity index (χ4n) is 3.60. The number of aromatic nitrogens is 3. The Morgan fingerprint density at radius 3 is 2.58 bits per heavy atom. The van der Waals surface area contributed by atoms with Gasteiger partial charge in [0.25, 0.3) is 0 Å². The summed E-state index contributed by atoms with van der Waals surface area (Å²) in [5.74, 6) is -0.276. The number of H-pyrrole nitrogens is 1. The normalized spacial score (nSPS) is 10.6. The van der Waals surface area contributed by atoms with Gasteiger partial charge >= 0.3 is 5.97 Å². The van der Waals surface area contributed by atoms with Gasteiger partial charge in [-0.1, -0.05) is 35.9 Å². The van der Waals surface area contributed by atoms with Crippen LogP contribution in [0, 0.1) is 5.82 Å². The van der Waals surface area contributed by atoms with E-state index in [0.717, 1.165) is 11.3 Å². The van der Waals surface area contributed by atoms with E-state index in [1.54, 1.807) is 54.6 Å². The molecule has 0 radical (unpaired) electrons. The van der Waals surface area contributed by atoms with Gasteiger partial charge in [-0.05, 0) is 59.7 Å². The number of aromatic carboxylic acids is 1. The van der Waals surface area contributed by atoms with E-state index in [1.807, 2.05) is 6.07 Å². The largest absolute Gasteiger partial charge is 0.487 e. The minimum absolute atomic E-state index is 0. The quantitative estimate of drug-likeness (QED) is 0.215. The summed E-state index contributed by atoms with van der Waals surface area (Å²) in [6.07, 6.45) is 1.45. The van der Waals surface area contributed by atoms with E-state index >= 15 is 0 Å². The van der Waals surface area contributed by atoms with Crippen molar-refractivity contribution < 1.29 is 19.0 Å². The molecule has 5 rings (SSSR count). The summed E-state index contributed by atoms with van der Waals surface area (Å²) in [7, 11) is 0. The first-order valence-electron chi connectivity index (χ1n) is 10.6. The number of carboxylic acid groups (broad SMARTS) is 1. The van der Waals surface area contributed by atoms with Crippen LogP contribution >= 0.6 is 24.0 Å². The number of anilines is 2. The van der Waals surface area contributed by atoms with Crippen LogP contribution in [0.5, 0.6) is 5.75 Å². The van der Waals surface area contributed by atoms with Crippen LogP contribution in [0.25, 0.3) is 22.3 Å². The number of hydrogen-bond acceptors (Lipinski definition) is 5. The molecule has 182 valence electrons. The smallest absolute Gasteiger partial charge is 0.335 e. The maximum absolute atomic E-state index is 13.4. The molecule has 10 heteroatoms. The Morgan fingerprint density at radius 2 is 1.86 bits per heavy atom. The highest BCUT2D eigenvalue weighted by Gasteiger charge is 2.12. The topological polar surface area (TPSA) is 100 Å². The van der Waals surface area contributed by atoms with Crippen molar-refractivity contribution in [2.45, 2.75) is 6.61 Å². The van der Waals surface area contributed by atoms with Gasteiger partial charge in [0.05, 0.1) is 16.1 Å². The van der Waals surface area contributed by atoms with E-state index in [9.17, 15) is 9.18 Å². The monoisotopic (exact) mass is 524 g/mol. The van der Waals surface area contributed by atoms with Crippen LogP contribution in [0.1, 0.15) is 15.9 Å². The van der Waals surface area contributed by atoms with Gasteiger partial charge in [0, 0.05) is 11.4 Å². The molecule has 2 aromatic heterocycles. The van der Waals surface area contributed by atoms with Gasteiger partial charge in [0.1, 0.15) is 30.0 Å². The lowest BCUT2D eigenvalue weighted by Crippen LogP contribution is -1.98. The van der Waals surface area contributed by atoms with Crippen molar-refractivity contribution in [2.75, 3.05) is 5.32 Å². The Morgan fingerprint density at radius 1 is 1.06 bits per heavy atom. The Balaban J connectivity index is 0.00000304. The number of nitrogens with zero attached hydrogens (tertiary/aromatic N) is 2. The molecule has 2 heterocycles. The zero-order chi connectivity index (χ0) is 24.4. The molecule has 0 bridgehead atoms. The number of fused-ring (bicyclic) bond motifs is 1. The summed E-state index contributed by atoms with van der Waals surface area (Å²) in [6.45, 7) is 0.190. The summed E-state index contributed by atoms with van der Waals surface area (Å²) in [5, 5.41) is 12.7.